The molecule has 0 aliphatic carbocycles. The van der Waals surface area contributed by atoms with Crippen LogP contribution in [-0.4, -0.2) is 9.97 Å². The van der Waals surface area contributed by atoms with E-state index in [1.54, 1.807) is 12.1 Å². The Hall–Kier alpha value is -2.41. The van der Waals surface area contributed by atoms with Crippen molar-refractivity contribution >= 4 is 0 Å². The van der Waals surface area contributed by atoms with Crippen LogP contribution in [0.2, 0.25) is 0 Å². The molecule has 4 heteroatoms. The largest absolute Gasteiger partial charge is 0.469 e. The van der Waals surface area contributed by atoms with Crippen LogP contribution in [0.5, 0.6) is 5.88 Å². The quantitative estimate of drug-likeness (QED) is 0.855. The molecule has 2 rings (SSSR count). The lowest BCUT2D eigenvalue weighted by molar-refractivity contribution is 0.214. The van der Waals surface area contributed by atoms with Crippen LogP contribution < -0.4 is 4.74 Å². The maximum Gasteiger partial charge on any atom is 0.220 e. The van der Waals surface area contributed by atoms with Gasteiger partial charge in [0.1, 0.15) is 11.9 Å². The van der Waals surface area contributed by atoms with E-state index in [-0.39, 0.29) is 6.10 Å². The zero-order valence-corrected chi connectivity index (χ0v) is 12.1. The molecule has 0 bridgehead atoms. The molecule has 1 aromatic heterocycles. The molecule has 0 aliphatic rings. The van der Waals surface area contributed by atoms with Crippen molar-refractivity contribution in [2.45, 2.75) is 33.8 Å². The van der Waals surface area contributed by atoms with Gasteiger partial charge in [-0.3, -0.25) is 0 Å². The maximum absolute atomic E-state index is 8.80. The number of hydrogen-bond acceptors (Lipinski definition) is 4. The number of aryl methyl sites for hydroxylation is 2. The Morgan fingerprint density at radius 1 is 1.10 bits per heavy atom. The van der Waals surface area contributed by atoms with Crippen LogP contribution in [-0.2, 0) is 0 Å². The normalized spacial score (nSPS) is 11.8. The van der Waals surface area contributed by atoms with Crippen molar-refractivity contribution in [3.8, 4) is 11.9 Å². The molecular formula is C16H17N3O. The summed E-state index contributed by atoms with van der Waals surface area (Å²) in [6, 6.07) is 9.49. The summed E-state index contributed by atoms with van der Waals surface area (Å²) in [5.41, 5.74) is 3.54. The first-order valence-corrected chi connectivity index (χ1v) is 6.50. The number of nitrogens with zero attached hydrogens (tertiary/aromatic N) is 3. The zero-order valence-electron chi connectivity index (χ0n) is 12.1. The van der Waals surface area contributed by atoms with E-state index in [0.717, 1.165) is 16.8 Å². The number of ether oxygens (including phenoxy) is 1. The van der Waals surface area contributed by atoms with E-state index in [9.17, 15) is 0 Å². The van der Waals surface area contributed by atoms with Crippen LogP contribution in [0.4, 0.5) is 0 Å². The second-order valence-corrected chi connectivity index (χ2v) is 4.78. The molecular weight excluding hydrogens is 250 g/mol. The van der Waals surface area contributed by atoms with Gasteiger partial charge >= 0.3 is 0 Å². The summed E-state index contributed by atoms with van der Waals surface area (Å²) >= 11 is 0. The first kappa shape index (κ1) is 14.0. The smallest absolute Gasteiger partial charge is 0.220 e. The van der Waals surface area contributed by atoms with Gasteiger partial charge in [0.25, 0.3) is 0 Å². The molecule has 20 heavy (non-hydrogen) atoms. The van der Waals surface area contributed by atoms with Gasteiger partial charge in [0.05, 0.1) is 11.6 Å². The van der Waals surface area contributed by atoms with E-state index in [2.05, 4.69) is 16.0 Å². The summed E-state index contributed by atoms with van der Waals surface area (Å²) in [5, 5.41) is 8.80. The van der Waals surface area contributed by atoms with Crippen LogP contribution in [0.3, 0.4) is 0 Å². The molecule has 0 amide bonds. The van der Waals surface area contributed by atoms with Gasteiger partial charge in [-0.1, -0.05) is 12.1 Å². The average Bonchev–Trinajstić information content (AvgIpc) is 2.44. The van der Waals surface area contributed by atoms with Gasteiger partial charge in [-0.25, -0.2) is 4.98 Å². The van der Waals surface area contributed by atoms with Crippen molar-refractivity contribution in [1.82, 2.24) is 9.97 Å². The number of nitriles is 1. The van der Waals surface area contributed by atoms with Crippen LogP contribution in [0, 0.1) is 32.1 Å². The van der Waals surface area contributed by atoms with Crippen molar-refractivity contribution in [2.75, 3.05) is 0 Å². The van der Waals surface area contributed by atoms with Gasteiger partial charge in [0, 0.05) is 11.3 Å². The first-order chi connectivity index (χ1) is 9.51. The second kappa shape index (κ2) is 5.70. The van der Waals surface area contributed by atoms with Crippen LogP contribution in [0.25, 0.3) is 0 Å². The predicted octanol–water partition coefficient (Wildman–Crippen LogP) is 3.41. The molecule has 0 saturated heterocycles. The van der Waals surface area contributed by atoms with Gasteiger partial charge in [-0.2, -0.15) is 10.2 Å². The lowest BCUT2D eigenvalue weighted by Gasteiger charge is -2.17. The van der Waals surface area contributed by atoms with Crippen LogP contribution in [0.1, 0.15) is 41.2 Å². The Bertz CT molecular complexity index is 657. The minimum atomic E-state index is -0.129. The molecule has 1 aromatic carbocycles. The van der Waals surface area contributed by atoms with Crippen molar-refractivity contribution in [3.63, 3.8) is 0 Å². The Morgan fingerprint density at radius 2 is 1.75 bits per heavy atom. The predicted molar refractivity (Wildman–Crippen MR) is 76.4 cm³/mol. The van der Waals surface area contributed by atoms with E-state index in [4.69, 9.17) is 10.00 Å². The summed E-state index contributed by atoms with van der Waals surface area (Å²) in [5.74, 6) is 1.32. The monoisotopic (exact) mass is 267 g/mol. The fourth-order valence-corrected chi connectivity index (χ4v) is 1.92. The Kier molecular flexibility index (Phi) is 3.99. The van der Waals surface area contributed by atoms with Gasteiger partial charge in [-0.05, 0) is 45.4 Å². The van der Waals surface area contributed by atoms with E-state index in [1.807, 2.05) is 39.8 Å². The molecule has 4 nitrogen and oxygen atoms in total. The average molecular weight is 267 g/mol. The maximum atomic E-state index is 8.80. The summed E-state index contributed by atoms with van der Waals surface area (Å²) in [7, 11) is 0. The number of aromatic nitrogens is 2. The molecule has 0 fully saturated rings. The number of benzene rings is 1. The lowest BCUT2D eigenvalue weighted by Crippen LogP contribution is -2.08. The zero-order chi connectivity index (χ0) is 14.7. The molecule has 0 radical (unpaired) electrons. The number of rotatable bonds is 3. The molecule has 0 aliphatic heterocycles. The minimum absolute atomic E-state index is 0.129. The van der Waals surface area contributed by atoms with Crippen molar-refractivity contribution < 1.29 is 4.74 Å². The highest BCUT2D eigenvalue weighted by Crippen LogP contribution is 2.24. The third-order valence-electron chi connectivity index (χ3n) is 3.25. The van der Waals surface area contributed by atoms with E-state index >= 15 is 0 Å². The summed E-state index contributed by atoms with van der Waals surface area (Å²) < 4.78 is 5.93. The Balaban J connectivity index is 2.23. The Labute approximate surface area is 119 Å². The molecule has 0 spiro atoms. The third kappa shape index (κ3) is 2.94. The summed E-state index contributed by atoms with van der Waals surface area (Å²) in [6.45, 7) is 7.72. The standard InChI is InChI=1S/C16H17N3O/c1-10-11(2)18-13(4)19-16(10)20-12(3)15-7-5-14(9-17)6-8-15/h5-8,12H,1-4H3/t12-/m0/s1. The lowest BCUT2D eigenvalue weighted by atomic mass is 10.1. The molecule has 2 aromatic rings. The highest BCUT2D eigenvalue weighted by molar-refractivity contribution is 5.33. The van der Waals surface area contributed by atoms with E-state index in [0.29, 0.717) is 17.3 Å². The highest BCUT2D eigenvalue weighted by atomic mass is 16.5. The van der Waals surface area contributed by atoms with Crippen LogP contribution in [0.15, 0.2) is 24.3 Å². The van der Waals surface area contributed by atoms with Crippen molar-refractivity contribution in [1.29, 1.82) is 5.26 Å². The van der Waals surface area contributed by atoms with Crippen molar-refractivity contribution in [2.24, 2.45) is 0 Å². The molecule has 102 valence electrons. The second-order valence-electron chi connectivity index (χ2n) is 4.78. The highest BCUT2D eigenvalue weighted by Gasteiger charge is 2.12. The van der Waals surface area contributed by atoms with Crippen LogP contribution >= 0.6 is 0 Å². The summed E-state index contributed by atoms with van der Waals surface area (Å²) in [4.78, 5) is 8.66. The van der Waals surface area contributed by atoms with E-state index < -0.39 is 0 Å². The van der Waals surface area contributed by atoms with Crippen molar-refractivity contribution in [3.05, 3.63) is 52.5 Å². The van der Waals surface area contributed by atoms with Gasteiger partial charge in [0.15, 0.2) is 0 Å². The third-order valence-corrected chi connectivity index (χ3v) is 3.25. The first-order valence-electron chi connectivity index (χ1n) is 6.50. The van der Waals surface area contributed by atoms with Gasteiger partial charge in [-0.15, -0.1) is 0 Å². The fourth-order valence-electron chi connectivity index (χ4n) is 1.92. The molecule has 0 N–H and O–H groups in total. The Morgan fingerprint density at radius 3 is 2.35 bits per heavy atom. The van der Waals surface area contributed by atoms with Gasteiger partial charge in [0.2, 0.25) is 5.88 Å². The molecule has 0 saturated carbocycles. The molecule has 0 unspecified atom stereocenters. The van der Waals surface area contributed by atoms with Gasteiger partial charge < -0.3 is 4.74 Å². The minimum Gasteiger partial charge on any atom is -0.469 e. The molecule has 1 atom stereocenters. The fraction of sp³-hybridized carbons (Fsp3) is 0.312. The molecule has 1 heterocycles. The number of hydrogen-bond donors (Lipinski definition) is 0. The van der Waals surface area contributed by atoms with E-state index in [1.165, 1.54) is 0 Å². The topological polar surface area (TPSA) is 58.8 Å². The SMILES string of the molecule is Cc1nc(C)c(C)c(O[C@@H](C)c2ccc(C#N)cc2)n1. The summed E-state index contributed by atoms with van der Waals surface area (Å²) in [6.07, 6.45) is -0.129.